The predicted octanol–water partition coefficient (Wildman–Crippen LogP) is 6.00. The zero-order chi connectivity index (χ0) is 14.0. The summed E-state index contributed by atoms with van der Waals surface area (Å²) in [4.78, 5) is 0. The molecule has 1 N–H and O–H groups in total. The van der Waals surface area contributed by atoms with E-state index in [2.05, 4.69) is 21.2 Å². The van der Waals surface area contributed by atoms with Crippen LogP contribution in [-0.4, -0.2) is 7.11 Å². The Hall–Kier alpha value is -0.420. The molecule has 0 spiro atoms. The molecule has 1 atom stereocenters. The van der Waals surface area contributed by atoms with E-state index < -0.39 is 0 Å². The molecule has 0 bridgehead atoms. The van der Waals surface area contributed by atoms with E-state index >= 15 is 0 Å². The maximum atomic E-state index is 6.15. The highest BCUT2D eigenvalue weighted by Gasteiger charge is 2.13. The quantitative estimate of drug-likeness (QED) is 0.702. The van der Waals surface area contributed by atoms with Crippen LogP contribution in [0, 0.1) is 0 Å². The molecule has 0 aliphatic heterocycles. The van der Waals surface area contributed by atoms with Crippen molar-refractivity contribution in [1.29, 1.82) is 0 Å². The standard InChI is InChI=1S/C13H12BrCl2NOS/c1-7(9-6-12(15)19-13(9)16)17-8-3-4-11(18-2)10(14)5-8/h3-7,17H,1-2H3. The Morgan fingerprint density at radius 2 is 2.05 bits per heavy atom. The third-order valence-electron chi connectivity index (χ3n) is 2.68. The Kier molecular flexibility index (Phi) is 5.01. The van der Waals surface area contributed by atoms with Gasteiger partial charge >= 0.3 is 0 Å². The van der Waals surface area contributed by atoms with Crippen molar-refractivity contribution in [3.63, 3.8) is 0 Å². The topological polar surface area (TPSA) is 21.3 Å². The van der Waals surface area contributed by atoms with Crippen molar-refractivity contribution >= 4 is 56.2 Å². The molecule has 0 amide bonds. The molecule has 1 aromatic heterocycles. The van der Waals surface area contributed by atoms with E-state index in [1.54, 1.807) is 7.11 Å². The van der Waals surface area contributed by atoms with Crippen LogP contribution in [0.3, 0.4) is 0 Å². The fraction of sp³-hybridized carbons (Fsp3) is 0.231. The van der Waals surface area contributed by atoms with Crippen LogP contribution >= 0.6 is 50.5 Å². The van der Waals surface area contributed by atoms with E-state index in [4.69, 9.17) is 27.9 Å². The number of hydrogen-bond acceptors (Lipinski definition) is 3. The van der Waals surface area contributed by atoms with Gasteiger partial charge in [-0.15, -0.1) is 11.3 Å². The highest BCUT2D eigenvalue weighted by Crippen LogP contribution is 2.36. The van der Waals surface area contributed by atoms with Gasteiger partial charge in [-0.1, -0.05) is 23.2 Å². The van der Waals surface area contributed by atoms with E-state index in [0.29, 0.717) is 4.34 Å². The van der Waals surface area contributed by atoms with Crippen molar-refractivity contribution in [2.75, 3.05) is 12.4 Å². The number of ether oxygens (including phenoxy) is 1. The van der Waals surface area contributed by atoms with E-state index in [1.807, 2.05) is 31.2 Å². The average molecular weight is 381 g/mol. The molecule has 2 rings (SSSR count). The molecule has 0 aliphatic carbocycles. The number of anilines is 1. The number of methoxy groups -OCH3 is 1. The second kappa shape index (κ2) is 6.35. The van der Waals surface area contributed by atoms with Gasteiger partial charge in [-0.2, -0.15) is 0 Å². The highest BCUT2D eigenvalue weighted by atomic mass is 79.9. The second-order valence-electron chi connectivity index (χ2n) is 3.99. The minimum absolute atomic E-state index is 0.0801. The average Bonchev–Trinajstić information content (AvgIpc) is 2.69. The number of halogens is 3. The molecule has 102 valence electrons. The summed E-state index contributed by atoms with van der Waals surface area (Å²) in [6.45, 7) is 2.04. The zero-order valence-electron chi connectivity index (χ0n) is 10.3. The van der Waals surface area contributed by atoms with Gasteiger partial charge in [0.15, 0.2) is 0 Å². The number of nitrogens with one attached hydrogen (secondary N) is 1. The predicted molar refractivity (Wildman–Crippen MR) is 87.1 cm³/mol. The number of benzene rings is 1. The van der Waals surface area contributed by atoms with Crippen LogP contribution in [0.1, 0.15) is 18.5 Å². The number of thiophene rings is 1. The molecular formula is C13H12BrCl2NOS. The van der Waals surface area contributed by atoms with Gasteiger partial charge in [-0.25, -0.2) is 0 Å². The molecular weight excluding hydrogens is 369 g/mol. The van der Waals surface area contributed by atoms with Crippen molar-refractivity contribution in [3.05, 3.63) is 43.0 Å². The molecule has 6 heteroatoms. The molecule has 0 saturated heterocycles. The number of rotatable bonds is 4. The molecule has 1 aromatic carbocycles. The van der Waals surface area contributed by atoms with E-state index in [9.17, 15) is 0 Å². The molecule has 0 saturated carbocycles. The van der Waals surface area contributed by atoms with Gasteiger partial charge in [0.05, 0.1) is 26.3 Å². The molecule has 19 heavy (non-hydrogen) atoms. The van der Waals surface area contributed by atoms with Gasteiger partial charge < -0.3 is 10.1 Å². The summed E-state index contributed by atoms with van der Waals surface area (Å²) < 4.78 is 7.52. The summed E-state index contributed by atoms with van der Waals surface area (Å²) in [6.07, 6.45) is 0. The molecule has 2 nitrogen and oxygen atoms in total. The fourth-order valence-electron chi connectivity index (χ4n) is 1.73. The Labute approximate surface area is 134 Å². The van der Waals surface area contributed by atoms with E-state index in [-0.39, 0.29) is 6.04 Å². The van der Waals surface area contributed by atoms with Crippen LogP contribution in [-0.2, 0) is 0 Å². The molecule has 0 aliphatic rings. The molecule has 1 unspecified atom stereocenters. The Bertz CT molecular complexity index is 588. The van der Waals surface area contributed by atoms with Gasteiger partial charge in [0.1, 0.15) is 5.75 Å². The molecule has 0 fully saturated rings. The van der Waals surface area contributed by atoms with Crippen molar-refractivity contribution in [2.24, 2.45) is 0 Å². The summed E-state index contributed by atoms with van der Waals surface area (Å²) in [7, 11) is 1.64. The summed E-state index contributed by atoms with van der Waals surface area (Å²) in [6, 6.07) is 7.81. The number of hydrogen-bond donors (Lipinski definition) is 1. The summed E-state index contributed by atoms with van der Waals surface area (Å²) in [5.74, 6) is 0.801. The van der Waals surface area contributed by atoms with Gasteiger partial charge in [-0.05, 0) is 47.1 Å². The van der Waals surface area contributed by atoms with Crippen molar-refractivity contribution in [1.82, 2.24) is 0 Å². The summed E-state index contributed by atoms with van der Waals surface area (Å²) in [5.41, 5.74) is 1.99. The fourth-order valence-corrected chi connectivity index (χ4v) is 3.92. The minimum atomic E-state index is 0.0801. The maximum Gasteiger partial charge on any atom is 0.133 e. The van der Waals surface area contributed by atoms with Crippen molar-refractivity contribution in [3.8, 4) is 5.75 Å². The minimum Gasteiger partial charge on any atom is -0.496 e. The first-order chi connectivity index (χ1) is 9.01. The first kappa shape index (κ1) is 15.0. The SMILES string of the molecule is COc1ccc(NC(C)c2cc(Cl)sc2Cl)cc1Br. The van der Waals surface area contributed by atoms with Crippen LogP contribution in [0.25, 0.3) is 0 Å². The Morgan fingerprint density at radius 3 is 2.58 bits per heavy atom. The van der Waals surface area contributed by atoms with E-state index in [0.717, 1.165) is 25.8 Å². The second-order valence-corrected chi connectivity index (χ2v) is 7.13. The van der Waals surface area contributed by atoms with Crippen molar-refractivity contribution in [2.45, 2.75) is 13.0 Å². The third kappa shape index (κ3) is 3.57. The van der Waals surface area contributed by atoms with E-state index in [1.165, 1.54) is 11.3 Å². The van der Waals surface area contributed by atoms with Crippen molar-refractivity contribution < 1.29 is 4.74 Å². The Balaban J connectivity index is 2.17. The van der Waals surface area contributed by atoms with Gasteiger partial charge in [0.2, 0.25) is 0 Å². The van der Waals surface area contributed by atoms with Gasteiger partial charge in [0, 0.05) is 11.3 Å². The lowest BCUT2D eigenvalue weighted by molar-refractivity contribution is 0.412. The lowest BCUT2D eigenvalue weighted by atomic mass is 10.1. The summed E-state index contributed by atoms with van der Waals surface area (Å²) in [5, 5.41) is 3.38. The summed E-state index contributed by atoms with van der Waals surface area (Å²) >= 11 is 17.0. The Morgan fingerprint density at radius 1 is 1.32 bits per heavy atom. The largest absolute Gasteiger partial charge is 0.496 e. The first-order valence-corrected chi connectivity index (χ1v) is 7.92. The van der Waals surface area contributed by atoms with Crippen LogP contribution in [0.5, 0.6) is 5.75 Å². The monoisotopic (exact) mass is 379 g/mol. The molecule has 1 heterocycles. The lowest BCUT2D eigenvalue weighted by Gasteiger charge is -2.15. The van der Waals surface area contributed by atoms with Crippen LogP contribution in [0.15, 0.2) is 28.7 Å². The normalized spacial score (nSPS) is 12.3. The van der Waals surface area contributed by atoms with Gasteiger partial charge in [-0.3, -0.25) is 0 Å². The van der Waals surface area contributed by atoms with Crippen LogP contribution in [0.4, 0.5) is 5.69 Å². The highest BCUT2D eigenvalue weighted by molar-refractivity contribution is 9.10. The first-order valence-electron chi connectivity index (χ1n) is 5.56. The third-order valence-corrected chi connectivity index (χ3v) is 4.82. The zero-order valence-corrected chi connectivity index (χ0v) is 14.3. The van der Waals surface area contributed by atoms with Gasteiger partial charge in [0.25, 0.3) is 0 Å². The smallest absolute Gasteiger partial charge is 0.133 e. The molecule has 2 aromatic rings. The molecule has 0 radical (unpaired) electrons. The van der Waals surface area contributed by atoms with Crippen LogP contribution < -0.4 is 10.1 Å². The van der Waals surface area contributed by atoms with Crippen LogP contribution in [0.2, 0.25) is 8.67 Å². The lowest BCUT2D eigenvalue weighted by Crippen LogP contribution is -2.06. The maximum absolute atomic E-state index is 6.15.